The Bertz CT molecular complexity index is 697. The van der Waals surface area contributed by atoms with Crippen LogP contribution in [0.25, 0.3) is 0 Å². The Labute approximate surface area is 121 Å². The van der Waals surface area contributed by atoms with Crippen LogP contribution in [0, 0.1) is 0 Å². The summed E-state index contributed by atoms with van der Waals surface area (Å²) < 4.78 is 1.74. The summed E-state index contributed by atoms with van der Waals surface area (Å²) >= 11 is 0. The first-order valence-corrected chi connectivity index (χ1v) is 6.74. The highest BCUT2D eigenvalue weighted by molar-refractivity contribution is 5.93. The molecule has 1 aliphatic rings. The van der Waals surface area contributed by atoms with Gasteiger partial charge in [0.1, 0.15) is 17.2 Å². The quantitative estimate of drug-likeness (QED) is 0.788. The van der Waals surface area contributed by atoms with Crippen LogP contribution in [0.2, 0.25) is 0 Å². The summed E-state index contributed by atoms with van der Waals surface area (Å²) in [5.41, 5.74) is 0.00498. The van der Waals surface area contributed by atoms with Crippen LogP contribution in [-0.4, -0.2) is 31.5 Å². The number of H-pyrrole nitrogens is 1. The topological polar surface area (TPSA) is 100 Å². The van der Waals surface area contributed by atoms with Gasteiger partial charge in [0.2, 0.25) is 0 Å². The number of nitrogens with zero attached hydrogens (tertiary/aromatic N) is 2. The van der Waals surface area contributed by atoms with Crippen LogP contribution in [0.5, 0.6) is 0 Å². The number of imidazole rings is 1. The van der Waals surface area contributed by atoms with Crippen molar-refractivity contribution < 1.29 is 14.7 Å². The zero-order valence-electron chi connectivity index (χ0n) is 11.6. The molecule has 1 aliphatic carbocycles. The van der Waals surface area contributed by atoms with Crippen molar-refractivity contribution in [1.29, 1.82) is 0 Å². The summed E-state index contributed by atoms with van der Waals surface area (Å²) in [5, 5.41) is 12.0. The molecular formula is C14H16N4O3. The van der Waals surface area contributed by atoms with E-state index in [-0.39, 0.29) is 11.6 Å². The monoisotopic (exact) mass is 288 g/mol. The second-order valence-corrected chi connectivity index (χ2v) is 5.34. The first-order valence-electron chi connectivity index (χ1n) is 6.74. The molecule has 0 spiro atoms. The van der Waals surface area contributed by atoms with E-state index in [1.807, 2.05) is 0 Å². The second-order valence-electron chi connectivity index (χ2n) is 5.34. The van der Waals surface area contributed by atoms with Gasteiger partial charge in [0, 0.05) is 13.2 Å². The lowest BCUT2D eigenvalue weighted by Gasteiger charge is -2.40. The molecule has 1 amide bonds. The van der Waals surface area contributed by atoms with Crippen LogP contribution in [-0.2, 0) is 12.6 Å². The van der Waals surface area contributed by atoms with Crippen molar-refractivity contribution in [3.63, 3.8) is 0 Å². The highest BCUT2D eigenvalue weighted by Gasteiger charge is 2.43. The van der Waals surface area contributed by atoms with E-state index in [2.05, 4.69) is 15.3 Å². The van der Waals surface area contributed by atoms with E-state index in [0.29, 0.717) is 11.5 Å². The molecule has 0 aliphatic heterocycles. The highest BCUT2D eigenvalue weighted by Crippen LogP contribution is 2.40. The van der Waals surface area contributed by atoms with Crippen molar-refractivity contribution in [2.24, 2.45) is 7.05 Å². The summed E-state index contributed by atoms with van der Waals surface area (Å²) in [6.45, 7) is 0. The number of nitrogens with one attached hydrogen (secondary N) is 2. The molecule has 110 valence electrons. The molecule has 0 saturated heterocycles. The number of aromatic amines is 1. The number of hydrogen-bond acceptors (Lipinski definition) is 3. The van der Waals surface area contributed by atoms with Gasteiger partial charge >= 0.3 is 5.97 Å². The zero-order chi connectivity index (χ0) is 15.0. The number of aromatic carboxylic acids is 1. The fraction of sp³-hybridized carbons (Fsp3) is 0.357. The van der Waals surface area contributed by atoms with Crippen LogP contribution in [0.15, 0.2) is 24.5 Å². The molecule has 1 saturated carbocycles. The Balaban J connectivity index is 1.85. The standard InChI is InChI=1S/C14H16N4O3/c1-18-7-2-4-10(18)11(19)17-14(5-3-6-14)13-15-8-9(16-13)12(20)21/h2,4,7-8H,3,5-6H2,1H3,(H,15,16)(H,17,19)(H,20,21). The molecule has 0 aromatic carbocycles. The van der Waals surface area contributed by atoms with Crippen LogP contribution in [0.4, 0.5) is 0 Å². The maximum absolute atomic E-state index is 12.4. The zero-order valence-corrected chi connectivity index (χ0v) is 11.6. The van der Waals surface area contributed by atoms with Crippen molar-refractivity contribution >= 4 is 11.9 Å². The minimum atomic E-state index is -1.06. The van der Waals surface area contributed by atoms with Gasteiger partial charge in [-0.15, -0.1) is 0 Å². The molecule has 0 atom stereocenters. The molecule has 0 bridgehead atoms. The van der Waals surface area contributed by atoms with E-state index in [9.17, 15) is 9.59 Å². The van der Waals surface area contributed by atoms with Crippen molar-refractivity contribution in [2.45, 2.75) is 24.8 Å². The molecule has 3 N–H and O–H groups in total. The lowest BCUT2D eigenvalue weighted by atomic mass is 9.76. The molecule has 0 radical (unpaired) electrons. The van der Waals surface area contributed by atoms with Gasteiger partial charge in [0.05, 0.1) is 11.7 Å². The van der Waals surface area contributed by atoms with Gasteiger partial charge in [-0.1, -0.05) is 0 Å². The predicted octanol–water partition coefficient (Wildman–Crippen LogP) is 1.26. The molecule has 7 heteroatoms. The lowest BCUT2D eigenvalue weighted by molar-refractivity contribution is 0.0690. The van der Waals surface area contributed by atoms with E-state index in [0.717, 1.165) is 19.3 Å². The molecule has 21 heavy (non-hydrogen) atoms. The lowest BCUT2D eigenvalue weighted by Crippen LogP contribution is -2.51. The second kappa shape index (κ2) is 4.76. The molecule has 2 aromatic heterocycles. The number of hydrogen-bond donors (Lipinski definition) is 3. The number of carboxylic acids is 1. The van der Waals surface area contributed by atoms with Gasteiger partial charge < -0.3 is 20.0 Å². The van der Waals surface area contributed by atoms with Crippen LogP contribution in [0.1, 0.15) is 46.1 Å². The first-order chi connectivity index (χ1) is 10.0. The molecule has 7 nitrogen and oxygen atoms in total. The van der Waals surface area contributed by atoms with Gasteiger partial charge in [-0.05, 0) is 31.4 Å². The van der Waals surface area contributed by atoms with Crippen molar-refractivity contribution in [3.05, 3.63) is 41.7 Å². The van der Waals surface area contributed by atoms with Crippen molar-refractivity contribution in [1.82, 2.24) is 19.9 Å². The first kappa shape index (κ1) is 13.4. The normalized spacial score (nSPS) is 16.2. The molecule has 0 unspecified atom stereocenters. The number of amides is 1. The average Bonchev–Trinajstić information content (AvgIpc) is 3.02. The fourth-order valence-corrected chi connectivity index (χ4v) is 2.60. The highest BCUT2D eigenvalue weighted by atomic mass is 16.4. The maximum atomic E-state index is 12.4. The SMILES string of the molecule is Cn1cccc1C(=O)NC1(c2ncc(C(=O)O)[nH]2)CCC1. The summed E-state index contributed by atoms with van der Waals surface area (Å²) in [5.74, 6) is -0.735. The van der Waals surface area contributed by atoms with E-state index in [1.54, 1.807) is 29.9 Å². The number of aromatic nitrogens is 3. The summed E-state index contributed by atoms with van der Waals surface area (Å²) in [6.07, 6.45) is 5.55. The summed E-state index contributed by atoms with van der Waals surface area (Å²) in [6, 6.07) is 3.55. The Kier molecular flexibility index (Phi) is 3.04. The Morgan fingerprint density at radius 1 is 1.48 bits per heavy atom. The van der Waals surface area contributed by atoms with E-state index in [4.69, 9.17) is 5.11 Å². The van der Waals surface area contributed by atoms with Crippen molar-refractivity contribution in [3.8, 4) is 0 Å². The predicted molar refractivity (Wildman–Crippen MR) is 74.0 cm³/mol. The van der Waals surface area contributed by atoms with Crippen LogP contribution < -0.4 is 5.32 Å². The minimum Gasteiger partial charge on any atom is -0.477 e. The number of aryl methyl sites for hydroxylation is 1. The van der Waals surface area contributed by atoms with Gasteiger partial charge in [0.25, 0.3) is 5.91 Å². The van der Waals surface area contributed by atoms with E-state index >= 15 is 0 Å². The molecule has 1 fully saturated rings. The molecule has 2 aromatic rings. The Morgan fingerprint density at radius 3 is 2.71 bits per heavy atom. The van der Waals surface area contributed by atoms with Crippen LogP contribution in [0.3, 0.4) is 0 Å². The number of carboxylic acid groups (broad SMARTS) is 1. The summed E-state index contributed by atoms with van der Waals surface area (Å²) in [4.78, 5) is 30.2. The third-order valence-corrected chi connectivity index (χ3v) is 4.00. The van der Waals surface area contributed by atoms with Gasteiger partial charge in [-0.2, -0.15) is 0 Å². The molecule has 2 heterocycles. The average molecular weight is 288 g/mol. The van der Waals surface area contributed by atoms with Gasteiger partial charge in [0.15, 0.2) is 0 Å². The third-order valence-electron chi connectivity index (χ3n) is 4.00. The Hall–Kier alpha value is -2.57. The van der Waals surface area contributed by atoms with Gasteiger partial charge in [-0.25, -0.2) is 9.78 Å². The van der Waals surface area contributed by atoms with Crippen molar-refractivity contribution in [2.75, 3.05) is 0 Å². The maximum Gasteiger partial charge on any atom is 0.353 e. The van der Waals surface area contributed by atoms with Gasteiger partial charge in [-0.3, -0.25) is 4.79 Å². The largest absolute Gasteiger partial charge is 0.477 e. The third kappa shape index (κ3) is 2.20. The van der Waals surface area contributed by atoms with E-state index in [1.165, 1.54) is 6.20 Å². The summed E-state index contributed by atoms with van der Waals surface area (Å²) in [7, 11) is 1.80. The number of carbonyl (C=O) groups is 2. The number of carbonyl (C=O) groups excluding carboxylic acids is 1. The van der Waals surface area contributed by atoms with E-state index < -0.39 is 11.5 Å². The minimum absolute atomic E-state index is 0.0318. The smallest absolute Gasteiger partial charge is 0.353 e. The van der Waals surface area contributed by atoms with Crippen LogP contribution >= 0.6 is 0 Å². The molecule has 3 rings (SSSR count). The Morgan fingerprint density at radius 2 is 2.24 bits per heavy atom. The number of rotatable bonds is 4. The molecular weight excluding hydrogens is 272 g/mol. The fourth-order valence-electron chi connectivity index (χ4n) is 2.60.